The van der Waals surface area contributed by atoms with Crippen LogP contribution in [-0.4, -0.2) is 38.8 Å². The molecule has 4 rings (SSSR count). The second-order valence-electron chi connectivity index (χ2n) is 7.16. The third-order valence-corrected chi connectivity index (χ3v) is 6.73. The van der Waals surface area contributed by atoms with Crippen LogP contribution in [0.3, 0.4) is 0 Å². The van der Waals surface area contributed by atoms with Gasteiger partial charge >= 0.3 is 0 Å². The molecule has 3 N–H and O–H groups in total. The number of anilines is 1. The molecule has 2 aromatic heterocycles. The van der Waals surface area contributed by atoms with Gasteiger partial charge < -0.3 is 25.1 Å². The van der Waals surface area contributed by atoms with Gasteiger partial charge in [0.15, 0.2) is 33.6 Å². The zero-order valence-corrected chi connectivity index (χ0v) is 19.5. The molecular weight excluding hydrogens is 519 g/mol. The number of hydrogen-bond acceptors (Lipinski definition) is 8. The predicted molar refractivity (Wildman–Crippen MR) is 122 cm³/mol. The van der Waals surface area contributed by atoms with Crippen molar-refractivity contribution in [1.29, 1.82) is 0 Å². The number of halogens is 1. The Hall–Kier alpha value is -2.28. The number of nitrogens with one attached hydrogen (secondary N) is 1. The minimum atomic E-state index is -0.0128. The van der Waals surface area contributed by atoms with Crippen LogP contribution in [-0.2, 0) is 11.3 Å². The molecule has 0 saturated carbocycles. The topological polar surface area (TPSA) is 117 Å². The van der Waals surface area contributed by atoms with E-state index in [0.29, 0.717) is 53.3 Å². The van der Waals surface area contributed by atoms with E-state index in [4.69, 9.17) is 15.2 Å². The average molecular weight is 540 g/mol. The van der Waals surface area contributed by atoms with E-state index in [-0.39, 0.29) is 12.7 Å². The Kier molecular flexibility index (Phi) is 6.18. The number of carbonyl (C=O) groups is 1. The molecular formula is C19H21IN6O3S. The minimum absolute atomic E-state index is 0.0128. The number of fused-ring (bicyclic) bond motifs is 2. The summed E-state index contributed by atoms with van der Waals surface area (Å²) in [5.41, 5.74) is 7.15. The molecule has 0 unspecified atom stereocenters. The van der Waals surface area contributed by atoms with Crippen LogP contribution in [0.25, 0.3) is 11.2 Å². The van der Waals surface area contributed by atoms with Gasteiger partial charge in [-0.25, -0.2) is 15.0 Å². The first-order chi connectivity index (χ1) is 14.4. The summed E-state index contributed by atoms with van der Waals surface area (Å²) < 4.78 is 13.9. The highest BCUT2D eigenvalue weighted by Crippen LogP contribution is 2.41. The molecule has 0 saturated heterocycles. The molecule has 0 radical (unpaired) electrons. The first kappa shape index (κ1) is 21.0. The number of nitrogen functional groups attached to an aromatic ring is 1. The van der Waals surface area contributed by atoms with E-state index in [2.05, 4.69) is 56.7 Å². The Bertz CT molecular complexity index is 1100. The molecule has 158 valence electrons. The van der Waals surface area contributed by atoms with Crippen molar-refractivity contribution in [3.05, 3.63) is 22.0 Å². The first-order valence-electron chi connectivity index (χ1n) is 9.42. The smallest absolute Gasteiger partial charge is 0.231 e. The van der Waals surface area contributed by atoms with E-state index in [9.17, 15) is 4.79 Å². The molecule has 0 atom stereocenters. The summed E-state index contributed by atoms with van der Waals surface area (Å²) in [7, 11) is 0. The zero-order chi connectivity index (χ0) is 21.3. The fraction of sp³-hybridized carbons (Fsp3) is 0.368. The monoisotopic (exact) mass is 540 g/mol. The van der Waals surface area contributed by atoms with E-state index in [1.54, 1.807) is 0 Å². The number of hydrogen-bond donors (Lipinski definition) is 2. The molecule has 9 nitrogen and oxygen atoms in total. The second kappa shape index (κ2) is 8.84. The minimum Gasteiger partial charge on any atom is -0.454 e. The molecule has 3 aromatic rings. The first-order valence-corrected chi connectivity index (χ1v) is 11.3. The maximum absolute atomic E-state index is 12.3. The summed E-state index contributed by atoms with van der Waals surface area (Å²) in [5, 5.41) is 3.63. The van der Waals surface area contributed by atoms with E-state index in [0.717, 1.165) is 14.2 Å². The summed E-state index contributed by atoms with van der Waals surface area (Å²) in [6, 6.07) is 3.87. The van der Waals surface area contributed by atoms with Gasteiger partial charge in [-0.3, -0.25) is 4.79 Å². The molecule has 0 bridgehead atoms. The molecule has 0 spiro atoms. The Morgan fingerprint density at radius 1 is 1.33 bits per heavy atom. The molecule has 1 aliphatic rings. The lowest BCUT2D eigenvalue weighted by Crippen LogP contribution is -2.28. The van der Waals surface area contributed by atoms with Gasteiger partial charge in [0.05, 0.1) is 0 Å². The van der Waals surface area contributed by atoms with Crippen LogP contribution in [0.5, 0.6) is 11.5 Å². The van der Waals surface area contributed by atoms with E-state index in [1.807, 2.05) is 16.7 Å². The highest BCUT2D eigenvalue weighted by atomic mass is 127. The van der Waals surface area contributed by atoms with Crippen molar-refractivity contribution in [2.45, 2.75) is 36.9 Å². The van der Waals surface area contributed by atoms with Gasteiger partial charge in [-0.2, -0.15) is 0 Å². The SMILES string of the molecule is CC(C)CNC(=O)CCn1c(Sc2cc3c(cc2I)OCO3)nc2c(N)ncnc21. The summed E-state index contributed by atoms with van der Waals surface area (Å²) in [5.74, 6) is 2.13. The summed E-state index contributed by atoms with van der Waals surface area (Å²) in [6.07, 6.45) is 1.72. The highest BCUT2D eigenvalue weighted by Gasteiger charge is 2.21. The Labute approximate surface area is 191 Å². The fourth-order valence-corrected chi connectivity index (χ4v) is 4.62. The molecule has 30 heavy (non-hydrogen) atoms. The third kappa shape index (κ3) is 4.41. The molecule has 3 heterocycles. The number of carbonyl (C=O) groups excluding carboxylic acids is 1. The average Bonchev–Trinajstić information content (AvgIpc) is 3.29. The van der Waals surface area contributed by atoms with Gasteiger partial charge in [-0.05, 0) is 40.6 Å². The molecule has 1 amide bonds. The number of amides is 1. The molecule has 1 aromatic carbocycles. The van der Waals surface area contributed by atoms with Gasteiger partial charge in [0.25, 0.3) is 0 Å². The van der Waals surface area contributed by atoms with Crippen LogP contribution < -0.4 is 20.5 Å². The summed E-state index contributed by atoms with van der Waals surface area (Å²) in [6.45, 7) is 5.42. The van der Waals surface area contributed by atoms with Crippen molar-refractivity contribution in [2.24, 2.45) is 5.92 Å². The lowest BCUT2D eigenvalue weighted by Gasteiger charge is -2.11. The van der Waals surface area contributed by atoms with Crippen LogP contribution in [0.4, 0.5) is 5.82 Å². The van der Waals surface area contributed by atoms with Crippen LogP contribution >= 0.6 is 34.4 Å². The van der Waals surface area contributed by atoms with Crippen LogP contribution in [0.1, 0.15) is 20.3 Å². The number of benzene rings is 1. The largest absolute Gasteiger partial charge is 0.454 e. The van der Waals surface area contributed by atoms with Gasteiger partial charge in [-0.1, -0.05) is 25.6 Å². The number of nitrogens with two attached hydrogens (primary N) is 1. The van der Waals surface area contributed by atoms with E-state index in [1.165, 1.54) is 18.1 Å². The van der Waals surface area contributed by atoms with Crippen molar-refractivity contribution in [3.8, 4) is 11.5 Å². The fourth-order valence-electron chi connectivity index (χ4n) is 2.91. The van der Waals surface area contributed by atoms with Crippen LogP contribution in [0.2, 0.25) is 0 Å². The number of imidazole rings is 1. The van der Waals surface area contributed by atoms with E-state index < -0.39 is 0 Å². The lowest BCUT2D eigenvalue weighted by atomic mass is 10.2. The number of rotatable bonds is 7. The Morgan fingerprint density at radius 2 is 2.10 bits per heavy atom. The number of nitrogens with zero attached hydrogens (tertiary/aromatic N) is 4. The Morgan fingerprint density at radius 3 is 2.87 bits per heavy atom. The maximum Gasteiger partial charge on any atom is 0.231 e. The van der Waals surface area contributed by atoms with Gasteiger partial charge in [0, 0.05) is 28.0 Å². The van der Waals surface area contributed by atoms with Crippen molar-refractivity contribution >= 4 is 57.2 Å². The van der Waals surface area contributed by atoms with Crippen molar-refractivity contribution in [3.63, 3.8) is 0 Å². The zero-order valence-electron chi connectivity index (χ0n) is 16.5. The van der Waals surface area contributed by atoms with Crippen LogP contribution in [0, 0.1) is 9.49 Å². The Balaban J connectivity index is 1.63. The number of aryl methyl sites for hydroxylation is 1. The normalized spacial score (nSPS) is 12.7. The molecule has 0 aliphatic carbocycles. The lowest BCUT2D eigenvalue weighted by molar-refractivity contribution is -0.121. The number of ether oxygens (including phenoxy) is 2. The standard InChI is InChI=1S/C19H21IN6O3S/c1-10(2)7-22-15(27)3-4-26-18-16(17(21)23-8-24-18)25-19(26)30-14-6-13-12(5-11(14)20)28-9-29-13/h5-6,8,10H,3-4,7,9H2,1-2H3,(H,22,27)(H2,21,23,24). The molecule has 11 heteroatoms. The molecule has 0 fully saturated rings. The summed E-state index contributed by atoms with van der Waals surface area (Å²) >= 11 is 3.72. The highest BCUT2D eigenvalue weighted by molar-refractivity contribution is 14.1. The van der Waals surface area contributed by atoms with Crippen molar-refractivity contribution in [2.75, 3.05) is 19.1 Å². The maximum atomic E-state index is 12.3. The summed E-state index contributed by atoms with van der Waals surface area (Å²) in [4.78, 5) is 26.3. The molecule has 1 aliphatic heterocycles. The van der Waals surface area contributed by atoms with E-state index >= 15 is 0 Å². The van der Waals surface area contributed by atoms with Crippen molar-refractivity contribution < 1.29 is 14.3 Å². The van der Waals surface area contributed by atoms with Crippen LogP contribution in [0.15, 0.2) is 28.5 Å². The van der Waals surface area contributed by atoms with Crippen molar-refractivity contribution in [1.82, 2.24) is 24.8 Å². The second-order valence-corrected chi connectivity index (χ2v) is 9.33. The van der Waals surface area contributed by atoms with Gasteiger partial charge in [0.2, 0.25) is 12.7 Å². The van der Waals surface area contributed by atoms with Gasteiger partial charge in [-0.15, -0.1) is 0 Å². The predicted octanol–water partition coefficient (Wildman–Crippen LogP) is 3.06. The number of aromatic nitrogens is 4. The quantitative estimate of drug-likeness (QED) is 0.440. The third-order valence-electron chi connectivity index (χ3n) is 4.42. The van der Waals surface area contributed by atoms with Gasteiger partial charge in [0.1, 0.15) is 6.33 Å².